The third-order valence-corrected chi connectivity index (χ3v) is 3.18. The van der Waals surface area contributed by atoms with Crippen molar-refractivity contribution in [3.8, 4) is 0 Å². The van der Waals surface area contributed by atoms with Gasteiger partial charge in [-0.05, 0) is 0 Å². The summed E-state index contributed by atoms with van der Waals surface area (Å²) in [6, 6.07) is 0. The molecular formula is C10H13FN6O2. The zero-order valence-corrected chi connectivity index (χ0v) is 9.85. The molecule has 3 rings (SSSR count). The molecule has 0 unspecified atom stereocenters. The van der Waals surface area contributed by atoms with E-state index in [4.69, 9.17) is 16.2 Å². The maximum atomic E-state index is 13.8. The molecule has 0 spiro atoms. The lowest BCUT2D eigenvalue weighted by Crippen LogP contribution is -2.32. The van der Waals surface area contributed by atoms with Crippen molar-refractivity contribution in [2.24, 2.45) is 5.73 Å². The van der Waals surface area contributed by atoms with E-state index in [-0.39, 0.29) is 12.4 Å². The van der Waals surface area contributed by atoms with Gasteiger partial charge in [-0.1, -0.05) is 0 Å². The van der Waals surface area contributed by atoms with E-state index in [1.807, 2.05) is 0 Å². The molecule has 1 aliphatic rings. The number of fused-ring (bicyclic) bond motifs is 1. The highest BCUT2D eigenvalue weighted by Gasteiger charge is 2.45. The first-order chi connectivity index (χ1) is 9.13. The Morgan fingerprint density at radius 1 is 1.42 bits per heavy atom. The van der Waals surface area contributed by atoms with Crippen LogP contribution >= 0.6 is 0 Å². The van der Waals surface area contributed by atoms with E-state index in [1.165, 1.54) is 17.2 Å². The van der Waals surface area contributed by atoms with Gasteiger partial charge >= 0.3 is 0 Å². The lowest BCUT2D eigenvalue weighted by molar-refractivity contribution is -0.0321. The number of aromatic nitrogens is 4. The number of halogens is 1. The van der Waals surface area contributed by atoms with Crippen molar-refractivity contribution in [2.75, 3.05) is 12.3 Å². The van der Waals surface area contributed by atoms with E-state index in [1.54, 1.807) is 0 Å². The Balaban J connectivity index is 2.04. The second-order valence-electron chi connectivity index (χ2n) is 4.32. The Kier molecular flexibility index (Phi) is 2.81. The molecule has 9 heteroatoms. The monoisotopic (exact) mass is 268 g/mol. The highest BCUT2D eigenvalue weighted by molar-refractivity contribution is 5.81. The van der Waals surface area contributed by atoms with Gasteiger partial charge in [0.2, 0.25) is 0 Å². The molecule has 0 aliphatic carbocycles. The van der Waals surface area contributed by atoms with Crippen molar-refractivity contribution >= 4 is 17.0 Å². The summed E-state index contributed by atoms with van der Waals surface area (Å²) in [4.78, 5) is 11.9. The van der Waals surface area contributed by atoms with Gasteiger partial charge in [-0.3, -0.25) is 4.57 Å². The number of aliphatic hydroxyl groups excluding tert-OH is 1. The standard InChI is InChI=1S/C10H13FN6O2/c11-5-4(1-12)19-10(7(5)18)17-3-16-6-8(13)14-2-15-9(6)17/h2-5,7,10,18H,1,12H2,(H2,13,14,15)/t4-,5-,7-,10-/m1/s1. The summed E-state index contributed by atoms with van der Waals surface area (Å²) in [7, 11) is 0. The van der Waals surface area contributed by atoms with Gasteiger partial charge < -0.3 is 21.3 Å². The smallest absolute Gasteiger partial charge is 0.167 e. The van der Waals surface area contributed by atoms with Gasteiger partial charge in [0.1, 0.15) is 24.1 Å². The van der Waals surface area contributed by atoms with E-state index in [2.05, 4.69) is 15.0 Å². The molecule has 3 heterocycles. The molecule has 19 heavy (non-hydrogen) atoms. The van der Waals surface area contributed by atoms with Gasteiger partial charge in [0.15, 0.2) is 23.9 Å². The number of nitrogens with two attached hydrogens (primary N) is 2. The topological polar surface area (TPSA) is 125 Å². The van der Waals surface area contributed by atoms with Gasteiger partial charge in [0, 0.05) is 6.54 Å². The SMILES string of the molecule is NC[C@H]1O[C@@H](n2cnc3c(N)ncnc32)[C@H](O)[C@@H]1F. The first-order valence-electron chi connectivity index (χ1n) is 5.74. The van der Waals surface area contributed by atoms with Gasteiger partial charge in [-0.25, -0.2) is 19.3 Å². The molecule has 5 N–H and O–H groups in total. The fourth-order valence-corrected chi connectivity index (χ4v) is 2.18. The van der Waals surface area contributed by atoms with Crippen LogP contribution in [0.25, 0.3) is 11.2 Å². The molecule has 2 aromatic rings. The Bertz CT molecular complexity index is 605. The highest BCUT2D eigenvalue weighted by atomic mass is 19.1. The Morgan fingerprint density at radius 2 is 2.21 bits per heavy atom. The summed E-state index contributed by atoms with van der Waals surface area (Å²) < 4.78 is 20.6. The van der Waals surface area contributed by atoms with Gasteiger partial charge in [0.25, 0.3) is 0 Å². The minimum absolute atomic E-state index is 0.0154. The maximum Gasteiger partial charge on any atom is 0.167 e. The number of nitrogen functional groups attached to an aromatic ring is 1. The number of alkyl halides is 1. The normalized spacial score (nSPS) is 31.1. The summed E-state index contributed by atoms with van der Waals surface area (Å²) in [5.74, 6) is 0.211. The molecule has 1 aliphatic heterocycles. The number of imidazole rings is 1. The number of hydrogen-bond acceptors (Lipinski definition) is 7. The number of nitrogens with zero attached hydrogens (tertiary/aromatic N) is 4. The van der Waals surface area contributed by atoms with Crippen LogP contribution in [0.3, 0.4) is 0 Å². The molecule has 0 radical (unpaired) electrons. The van der Waals surface area contributed by atoms with Crippen LogP contribution in [0.2, 0.25) is 0 Å². The van der Waals surface area contributed by atoms with Gasteiger partial charge in [-0.15, -0.1) is 0 Å². The van der Waals surface area contributed by atoms with E-state index < -0.39 is 24.6 Å². The Hall–Kier alpha value is -1.84. The molecule has 0 saturated carbocycles. The molecule has 1 saturated heterocycles. The summed E-state index contributed by atoms with van der Waals surface area (Å²) >= 11 is 0. The van der Waals surface area contributed by atoms with Crippen molar-refractivity contribution in [1.82, 2.24) is 19.5 Å². The van der Waals surface area contributed by atoms with Crippen LogP contribution in [0.1, 0.15) is 6.23 Å². The summed E-state index contributed by atoms with van der Waals surface area (Å²) in [5, 5.41) is 9.88. The van der Waals surface area contributed by atoms with Crippen LogP contribution in [0.4, 0.5) is 10.2 Å². The summed E-state index contributed by atoms with van der Waals surface area (Å²) in [5.41, 5.74) is 11.8. The molecule has 0 amide bonds. The van der Waals surface area contributed by atoms with Crippen LogP contribution in [0.5, 0.6) is 0 Å². The summed E-state index contributed by atoms with van der Waals surface area (Å²) in [6.45, 7) is -0.0154. The highest BCUT2D eigenvalue weighted by Crippen LogP contribution is 2.33. The van der Waals surface area contributed by atoms with Crippen molar-refractivity contribution in [1.29, 1.82) is 0 Å². The minimum atomic E-state index is -1.55. The molecule has 4 atom stereocenters. The molecule has 1 fully saturated rings. The number of anilines is 1. The third kappa shape index (κ3) is 1.74. The lowest BCUT2D eigenvalue weighted by atomic mass is 10.1. The van der Waals surface area contributed by atoms with Crippen molar-refractivity contribution < 1.29 is 14.2 Å². The fraction of sp³-hybridized carbons (Fsp3) is 0.500. The number of aliphatic hydroxyl groups is 1. The van der Waals surface area contributed by atoms with Crippen LogP contribution in [0.15, 0.2) is 12.7 Å². The summed E-state index contributed by atoms with van der Waals surface area (Å²) in [6.07, 6.45) is -2.01. The van der Waals surface area contributed by atoms with Crippen molar-refractivity contribution in [3.63, 3.8) is 0 Å². The largest absolute Gasteiger partial charge is 0.385 e. The molecule has 2 aromatic heterocycles. The molecule has 8 nitrogen and oxygen atoms in total. The predicted octanol–water partition coefficient (Wildman–Crippen LogP) is -1.04. The van der Waals surface area contributed by atoms with Crippen LogP contribution in [-0.4, -0.2) is 49.5 Å². The third-order valence-electron chi connectivity index (χ3n) is 3.18. The second kappa shape index (κ2) is 4.37. The van der Waals surface area contributed by atoms with Crippen LogP contribution < -0.4 is 11.5 Å². The minimum Gasteiger partial charge on any atom is -0.385 e. The fourth-order valence-electron chi connectivity index (χ4n) is 2.18. The number of hydrogen-bond donors (Lipinski definition) is 3. The Labute approximate surface area is 107 Å². The molecule has 0 bridgehead atoms. The van der Waals surface area contributed by atoms with E-state index in [0.717, 1.165) is 0 Å². The maximum absolute atomic E-state index is 13.8. The molecular weight excluding hydrogens is 255 g/mol. The Morgan fingerprint density at radius 3 is 2.89 bits per heavy atom. The first-order valence-corrected chi connectivity index (χ1v) is 5.74. The lowest BCUT2D eigenvalue weighted by Gasteiger charge is -2.15. The first kappa shape index (κ1) is 12.2. The van der Waals surface area contributed by atoms with Crippen molar-refractivity contribution in [2.45, 2.75) is 24.6 Å². The van der Waals surface area contributed by atoms with E-state index in [9.17, 15) is 9.50 Å². The molecule has 102 valence electrons. The van der Waals surface area contributed by atoms with Crippen LogP contribution in [0, 0.1) is 0 Å². The predicted molar refractivity (Wildman–Crippen MR) is 63.6 cm³/mol. The van der Waals surface area contributed by atoms with E-state index >= 15 is 0 Å². The molecule has 0 aromatic carbocycles. The van der Waals surface area contributed by atoms with E-state index in [0.29, 0.717) is 11.2 Å². The number of ether oxygens (including phenoxy) is 1. The van der Waals surface area contributed by atoms with Crippen LogP contribution in [-0.2, 0) is 4.74 Å². The average Bonchev–Trinajstić information content (AvgIpc) is 2.94. The average molecular weight is 268 g/mol. The second-order valence-corrected chi connectivity index (χ2v) is 4.32. The van der Waals surface area contributed by atoms with Gasteiger partial charge in [0.05, 0.1) is 6.33 Å². The zero-order valence-electron chi connectivity index (χ0n) is 9.85. The zero-order chi connectivity index (χ0) is 13.6. The quantitative estimate of drug-likeness (QED) is 0.635. The number of rotatable bonds is 2. The van der Waals surface area contributed by atoms with Crippen molar-refractivity contribution in [3.05, 3.63) is 12.7 Å². The van der Waals surface area contributed by atoms with Gasteiger partial charge in [-0.2, -0.15) is 0 Å².